The molecule has 2 N–H and O–H groups in total. The number of aromatic amines is 1. The second-order valence-electron chi connectivity index (χ2n) is 8.13. The number of halogens is 3. The first-order chi connectivity index (χ1) is 16.6. The molecule has 10 heteroatoms. The second kappa shape index (κ2) is 9.28. The number of anilines is 1. The Balaban J connectivity index is 1.51. The Hall–Kier alpha value is -4.08. The Morgan fingerprint density at radius 3 is 2.40 bits per heavy atom. The number of nitrogens with zero attached hydrogens (tertiary/aromatic N) is 2. The van der Waals surface area contributed by atoms with Gasteiger partial charge in [0, 0.05) is 22.2 Å². The molecule has 7 nitrogen and oxygen atoms in total. The first kappa shape index (κ1) is 24.1. The maximum absolute atomic E-state index is 14.0. The number of H-pyrrole nitrogens is 1. The fourth-order valence-corrected chi connectivity index (χ4v) is 4.13. The van der Waals surface area contributed by atoms with Gasteiger partial charge in [-0.25, -0.2) is 4.68 Å². The molecule has 0 spiro atoms. The van der Waals surface area contributed by atoms with Crippen LogP contribution in [0, 0.1) is 20.8 Å². The Labute approximate surface area is 198 Å². The quantitative estimate of drug-likeness (QED) is 0.373. The van der Waals surface area contributed by atoms with Crippen LogP contribution in [0.5, 0.6) is 0 Å². The number of carbonyl (C=O) groups excluding carboxylic acids is 2. The van der Waals surface area contributed by atoms with Gasteiger partial charge in [0.2, 0.25) is 0 Å². The number of aryl methyl sites for hydroxylation is 2. The van der Waals surface area contributed by atoms with Crippen LogP contribution < -0.4 is 5.32 Å². The number of esters is 1. The summed E-state index contributed by atoms with van der Waals surface area (Å²) in [6.45, 7) is 4.02. The van der Waals surface area contributed by atoms with Crippen LogP contribution in [0.25, 0.3) is 16.6 Å². The predicted molar refractivity (Wildman–Crippen MR) is 124 cm³/mol. The number of para-hydroxylation sites is 2. The third-order valence-corrected chi connectivity index (χ3v) is 5.70. The van der Waals surface area contributed by atoms with Crippen molar-refractivity contribution in [2.24, 2.45) is 0 Å². The highest BCUT2D eigenvalue weighted by atomic mass is 19.4. The van der Waals surface area contributed by atoms with Gasteiger partial charge in [-0.1, -0.05) is 36.4 Å². The highest BCUT2D eigenvalue weighted by molar-refractivity contribution is 5.96. The van der Waals surface area contributed by atoms with Crippen molar-refractivity contribution in [2.45, 2.75) is 32.9 Å². The van der Waals surface area contributed by atoms with E-state index in [1.54, 1.807) is 36.7 Å². The Morgan fingerprint density at radius 1 is 1.06 bits per heavy atom. The monoisotopic (exact) mass is 484 g/mol. The highest BCUT2D eigenvalue weighted by Crippen LogP contribution is 2.40. The summed E-state index contributed by atoms with van der Waals surface area (Å²) in [6.07, 6.45) is -4.91. The van der Waals surface area contributed by atoms with E-state index in [0.29, 0.717) is 22.6 Å². The van der Waals surface area contributed by atoms with Gasteiger partial charge in [-0.3, -0.25) is 9.59 Å². The van der Waals surface area contributed by atoms with Gasteiger partial charge < -0.3 is 15.0 Å². The van der Waals surface area contributed by atoms with Crippen LogP contribution in [-0.4, -0.2) is 39.4 Å². The summed E-state index contributed by atoms with van der Waals surface area (Å²) in [5.41, 5.74) is 2.77. The summed E-state index contributed by atoms with van der Waals surface area (Å²) in [7, 11) is 0. The van der Waals surface area contributed by atoms with Gasteiger partial charge in [0.25, 0.3) is 5.91 Å². The van der Waals surface area contributed by atoms with Crippen molar-refractivity contribution < 1.29 is 27.5 Å². The highest BCUT2D eigenvalue weighted by Gasteiger charge is 2.49. The number of benzene rings is 2. The molecule has 0 aliphatic carbocycles. The smallest absolute Gasteiger partial charge is 0.406 e. The molecule has 0 aliphatic heterocycles. The van der Waals surface area contributed by atoms with Gasteiger partial charge in [-0.05, 0) is 39.0 Å². The molecule has 0 bridgehead atoms. The number of aromatic nitrogens is 3. The third-order valence-electron chi connectivity index (χ3n) is 5.70. The van der Waals surface area contributed by atoms with Gasteiger partial charge in [0.05, 0.1) is 22.8 Å². The minimum atomic E-state index is -4.91. The Morgan fingerprint density at radius 2 is 1.71 bits per heavy atom. The van der Waals surface area contributed by atoms with E-state index in [0.717, 1.165) is 5.69 Å². The summed E-state index contributed by atoms with van der Waals surface area (Å²) in [6, 6.07) is 15.6. The fourth-order valence-electron chi connectivity index (χ4n) is 4.13. The van der Waals surface area contributed by atoms with Crippen molar-refractivity contribution >= 4 is 28.5 Å². The van der Waals surface area contributed by atoms with E-state index in [2.05, 4.69) is 15.4 Å². The lowest BCUT2D eigenvalue weighted by molar-refractivity contribution is -0.181. The number of hydrogen-bond acceptors (Lipinski definition) is 4. The zero-order valence-electron chi connectivity index (χ0n) is 19.2. The molecule has 2 aromatic heterocycles. The number of fused-ring (bicyclic) bond motifs is 1. The molecule has 0 saturated heterocycles. The average Bonchev–Trinajstić information content (AvgIpc) is 3.28. The lowest BCUT2D eigenvalue weighted by Gasteiger charge is -2.19. The maximum atomic E-state index is 14.0. The van der Waals surface area contributed by atoms with E-state index in [-0.39, 0.29) is 16.6 Å². The van der Waals surface area contributed by atoms with Crippen molar-refractivity contribution in [3.8, 4) is 5.69 Å². The van der Waals surface area contributed by atoms with Crippen LogP contribution in [0.4, 0.5) is 18.9 Å². The first-order valence-corrected chi connectivity index (χ1v) is 10.8. The largest absolute Gasteiger partial charge is 0.455 e. The van der Waals surface area contributed by atoms with Crippen LogP contribution in [0.1, 0.15) is 28.6 Å². The van der Waals surface area contributed by atoms with Gasteiger partial charge >= 0.3 is 12.1 Å². The molecule has 182 valence electrons. The minimum Gasteiger partial charge on any atom is -0.455 e. The van der Waals surface area contributed by atoms with Crippen LogP contribution in [-0.2, 0) is 14.3 Å². The number of carbonyl (C=O) groups is 2. The van der Waals surface area contributed by atoms with Crippen molar-refractivity contribution in [3.63, 3.8) is 0 Å². The summed E-state index contributed by atoms with van der Waals surface area (Å²) < 4.78 is 48.4. The maximum Gasteiger partial charge on any atom is 0.406 e. The number of rotatable bonds is 6. The molecule has 1 amide bonds. The fraction of sp³-hybridized carbons (Fsp3) is 0.240. The molecular weight excluding hydrogens is 461 g/mol. The normalized spacial score (nSPS) is 12.5. The molecule has 4 aromatic rings. The van der Waals surface area contributed by atoms with Gasteiger partial charge in [-0.2, -0.15) is 18.3 Å². The molecule has 0 radical (unpaired) electrons. The van der Waals surface area contributed by atoms with Gasteiger partial charge in [0.1, 0.15) is 0 Å². The molecule has 2 aromatic carbocycles. The standard InChI is InChI=1S/C25H23F3N4O3/c1-14-21(18-11-7-8-12-19(18)29-14)22(25(26,27)28)24(34)35-13-20(33)30-23-15(2)31-32(16(23)3)17-9-5-4-6-10-17/h4-12,22,29H,13H2,1-3H3,(H,30,33). The molecule has 35 heavy (non-hydrogen) atoms. The number of alkyl halides is 3. The Bertz CT molecular complexity index is 1390. The number of nitrogens with one attached hydrogen (secondary N) is 2. The van der Waals surface area contributed by atoms with Crippen LogP contribution in [0.3, 0.4) is 0 Å². The van der Waals surface area contributed by atoms with Crippen LogP contribution in [0.15, 0.2) is 54.6 Å². The first-order valence-electron chi connectivity index (χ1n) is 10.8. The molecular formula is C25H23F3N4O3. The number of hydrogen-bond donors (Lipinski definition) is 2. The topological polar surface area (TPSA) is 89.0 Å². The van der Waals surface area contributed by atoms with E-state index in [4.69, 9.17) is 4.74 Å². The summed E-state index contributed by atoms with van der Waals surface area (Å²) in [5.74, 6) is -4.85. The minimum absolute atomic E-state index is 0.203. The van der Waals surface area contributed by atoms with E-state index < -0.39 is 30.6 Å². The lowest BCUT2D eigenvalue weighted by Crippen LogP contribution is -2.32. The van der Waals surface area contributed by atoms with E-state index in [1.807, 2.05) is 30.3 Å². The molecule has 0 aliphatic rings. The van der Waals surface area contributed by atoms with Crippen molar-refractivity contribution in [1.29, 1.82) is 0 Å². The zero-order valence-corrected chi connectivity index (χ0v) is 19.2. The predicted octanol–water partition coefficient (Wildman–Crippen LogP) is 5.11. The van der Waals surface area contributed by atoms with Crippen LogP contribution in [0.2, 0.25) is 0 Å². The molecule has 1 atom stereocenters. The summed E-state index contributed by atoms with van der Waals surface area (Å²) in [5, 5.41) is 7.27. The van der Waals surface area contributed by atoms with Gasteiger partial charge in [-0.15, -0.1) is 0 Å². The molecule has 2 heterocycles. The second-order valence-corrected chi connectivity index (χ2v) is 8.13. The van der Waals surface area contributed by atoms with Crippen LogP contribution >= 0.6 is 0 Å². The lowest BCUT2D eigenvalue weighted by atomic mass is 9.95. The SMILES string of the molecule is Cc1nn(-c2ccccc2)c(C)c1NC(=O)COC(=O)C(c1c(C)[nH]c2ccccc12)C(F)(F)F. The van der Waals surface area contributed by atoms with Crippen molar-refractivity contribution in [1.82, 2.24) is 14.8 Å². The van der Waals surface area contributed by atoms with Crippen molar-refractivity contribution in [3.05, 3.63) is 77.2 Å². The molecule has 0 fully saturated rings. The molecule has 4 rings (SSSR count). The third kappa shape index (κ3) is 4.77. The van der Waals surface area contributed by atoms with Crippen molar-refractivity contribution in [2.75, 3.05) is 11.9 Å². The Kier molecular flexibility index (Phi) is 6.38. The summed E-state index contributed by atoms with van der Waals surface area (Å²) in [4.78, 5) is 28.0. The number of ether oxygens (including phenoxy) is 1. The average molecular weight is 484 g/mol. The zero-order chi connectivity index (χ0) is 25.3. The molecule has 0 saturated carbocycles. The number of amides is 1. The van der Waals surface area contributed by atoms with E-state index >= 15 is 0 Å². The van der Waals surface area contributed by atoms with Gasteiger partial charge in [0.15, 0.2) is 12.5 Å². The van der Waals surface area contributed by atoms with E-state index in [9.17, 15) is 22.8 Å². The molecule has 1 unspecified atom stereocenters. The summed E-state index contributed by atoms with van der Waals surface area (Å²) >= 11 is 0. The van der Waals surface area contributed by atoms with E-state index in [1.165, 1.54) is 13.0 Å².